The summed E-state index contributed by atoms with van der Waals surface area (Å²) in [5.74, 6) is -0.752. The van der Waals surface area contributed by atoms with Crippen molar-refractivity contribution in [2.24, 2.45) is 5.92 Å². The van der Waals surface area contributed by atoms with E-state index in [1.165, 1.54) is 9.80 Å². The number of anilines is 1. The Morgan fingerprint density at radius 3 is 2.65 bits per heavy atom. The van der Waals surface area contributed by atoms with Crippen molar-refractivity contribution in [1.82, 2.24) is 14.8 Å². The zero-order valence-electron chi connectivity index (χ0n) is 21.1. The molecule has 2 aliphatic rings. The van der Waals surface area contributed by atoms with Gasteiger partial charge in [0.15, 0.2) is 0 Å². The molecule has 8 heteroatoms. The molecule has 2 aromatic carbocycles. The number of benzene rings is 2. The van der Waals surface area contributed by atoms with Crippen LogP contribution in [0.2, 0.25) is 0 Å². The van der Waals surface area contributed by atoms with Crippen molar-refractivity contribution in [2.75, 3.05) is 18.9 Å². The van der Waals surface area contributed by atoms with Crippen molar-refractivity contribution in [2.45, 2.75) is 44.3 Å². The van der Waals surface area contributed by atoms with Gasteiger partial charge in [0.25, 0.3) is 11.8 Å². The van der Waals surface area contributed by atoms with Gasteiger partial charge in [-0.25, -0.2) is 11.6 Å². The summed E-state index contributed by atoms with van der Waals surface area (Å²) >= 11 is 0. The molecule has 1 saturated heterocycles. The summed E-state index contributed by atoms with van der Waals surface area (Å²) in [6.45, 7) is 11.9. The van der Waals surface area contributed by atoms with Gasteiger partial charge in [0.2, 0.25) is 5.91 Å². The monoisotopic (exact) mass is 495 g/mol. The molecule has 37 heavy (non-hydrogen) atoms. The van der Waals surface area contributed by atoms with E-state index < -0.39 is 17.6 Å². The van der Waals surface area contributed by atoms with E-state index in [0.29, 0.717) is 11.9 Å². The van der Waals surface area contributed by atoms with Crippen molar-refractivity contribution < 1.29 is 14.4 Å². The fraction of sp³-hybridized carbons (Fsp3) is 0.345. The SMILES string of the molecule is [C-]#[N+][C@@H]1C[C@@]2(CN1C(=O)[C@H](CC(C)C)N(C)C(=O)c1ccc3ccccc3n1)C(=O)Nc1ccccc12. The van der Waals surface area contributed by atoms with E-state index >= 15 is 0 Å². The first-order chi connectivity index (χ1) is 17.7. The predicted octanol–water partition coefficient (Wildman–Crippen LogP) is 4.09. The van der Waals surface area contributed by atoms with Gasteiger partial charge in [-0.2, -0.15) is 0 Å². The second kappa shape index (κ2) is 9.32. The summed E-state index contributed by atoms with van der Waals surface area (Å²) in [6.07, 6.45) is -0.143. The van der Waals surface area contributed by atoms with Gasteiger partial charge in [0, 0.05) is 24.7 Å². The number of likely N-dealkylation sites (N-methyl/N-ethyl adjacent to an activating group) is 1. The summed E-state index contributed by atoms with van der Waals surface area (Å²) in [5, 5.41) is 3.85. The second-order valence-electron chi connectivity index (χ2n) is 10.3. The third kappa shape index (κ3) is 4.10. The summed E-state index contributed by atoms with van der Waals surface area (Å²) in [5.41, 5.74) is 1.53. The topological polar surface area (TPSA) is 87.0 Å². The van der Waals surface area contributed by atoms with E-state index in [-0.39, 0.29) is 42.3 Å². The Bertz CT molecular complexity index is 1440. The zero-order valence-corrected chi connectivity index (χ0v) is 21.1. The minimum absolute atomic E-state index is 0.104. The minimum Gasteiger partial charge on any atom is -0.328 e. The maximum absolute atomic E-state index is 14.0. The average Bonchev–Trinajstić information content (AvgIpc) is 3.43. The molecule has 1 aromatic heterocycles. The molecule has 3 atom stereocenters. The maximum atomic E-state index is 14.0. The number of hydrogen-bond acceptors (Lipinski definition) is 4. The van der Waals surface area contributed by atoms with Crippen LogP contribution in [0, 0.1) is 12.5 Å². The Morgan fingerprint density at radius 1 is 1.16 bits per heavy atom. The lowest BCUT2D eigenvalue weighted by Crippen LogP contribution is -2.51. The third-order valence-electron chi connectivity index (χ3n) is 7.47. The standard InChI is InChI=1S/C29H29N5O3/c1-18(2)15-24(33(4)26(35)23-14-13-19-9-5-7-11-21(19)31-23)27(36)34-17-29(16-25(34)30-3)20-10-6-8-12-22(20)32-28(29)37/h5-14,18,24-25H,15-17H2,1-2,4H3,(H,32,37)/t24-,25-,29-/m0/s1. The van der Waals surface area contributed by atoms with Crippen molar-refractivity contribution in [3.05, 3.63) is 83.3 Å². The van der Waals surface area contributed by atoms with Gasteiger partial charge in [-0.05, 0) is 36.1 Å². The lowest BCUT2D eigenvalue weighted by Gasteiger charge is -2.32. The number of para-hydroxylation sites is 2. The highest BCUT2D eigenvalue weighted by atomic mass is 16.2. The van der Waals surface area contributed by atoms with Crippen LogP contribution < -0.4 is 5.32 Å². The number of nitrogens with zero attached hydrogens (tertiary/aromatic N) is 4. The molecule has 0 aliphatic carbocycles. The first kappa shape index (κ1) is 24.4. The van der Waals surface area contributed by atoms with Crippen LogP contribution in [0.4, 0.5) is 5.69 Å². The number of amides is 3. The molecule has 1 spiro atoms. The fourth-order valence-electron chi connectivity index (χ4n) is 5.53. The van der Waals surface area contributed by atoms with Gasteiger partial charge < -0.3 is 10.2 Å². The van der Waals surface area contributed by atoms with Gasteiger partial charge in [-0.3, -0.25) is 24.1 Å². The van der Waals surface area contributed by atoms with E-state index in [1.807, 2.05) is 68.4 Å². The lowest BCUT2D eigenvalue weighted by atomic mass is 9.80. The molecular weight excluding hydrogens is 466 g/mol. The number of carbonyl (C=O) groups is 3. The summed E-state index contributed by atoms with van der Waals surface area (Å²) in [4.78, 5) is 51.9. The van der Waals surface area contributed by atoms with E-state index in [1.54, 1.807) is 13.1 Å². The van der Waals surface area contributed by atoms with Crippen LogP contribution in [0.1, 0.15) is 42.7 Å². The highest BCUT2D eigenvalue weighted by molar-refractivity contribution is 6.07. The predicted molar refractivity (Wildman–Crippen MR) is 141 cm³/mol. The molecule has 3 aromatic rings. The van der Waals surface area contributed by atoms with Gasteiger partial charge in [-0.1, -0.05) is 56.3 Å². The highest BCUT2D eigenvalue weighted by Crippen LogP contribution is 2.47. The molecule has 0 bridgehead atoms. The van der Waals surface area contributed by atoms with Crippen LogP contribution in [0.3, 0.4) is 0 Å². The van der Waals surface area contributed by atoms with Crippen LogP contribution in [0.25, 0.3) is 15.7 Å². The Kier molecular flexibility index (Phi) is 6.16. The lowest BCUT2D eigenvalue weighted by molar-refractivity contribution is -0.136. The number of nitrogens with one attached hydrogen (secondary N) is 1. The smallest absolute Gasteiger partial charge is 0.302 e. The molecule has 2 aliphatic heterocycles. The molecule has 0 saturated carbocycles. The van der Waals surface area contributed by atoms with Gasteiger partial charge >= 0.3 is 6.17 Å². The normalized spacial score (nSPS) is 21.1. The Morgan fingerprint density at radius 2 is 1.89 bits per heavy atom. The van der Waals surface area contributed by atoms with Crippen molar-refractivity contribution in [1.29, 1.82) is 0 Å². The Balaban J connectivity index is 1.46. The minimum atomic E-state index is -0.966. The van der Waals surface area contributed by atoms with E-state index in [9.17, 15) is 14.4 Å². The molecule has 3 amide bonds. The average molecular weight is 496 g/mol. The van der Waals surface area contributed by atoms with Crippen molar-refractivity contribution in [3.8, 4) is 0 Å². The first-order valence-electron chi connectivity index (χ1n) is 12.5. The summed E-state index contributed by atoms with van der Waals surface area (Å²) in [6, 6.07) is 17.7. The molecule has 0 radical (unpaired) electrons. The van der Waals surface area contributed by atoms with Gasteiger partial charge in [0.1, 0.15) is 17.2 Å². The van der Waals surface area contributed by atoms with Crippen LogP contribution in [0.5, 0.6) is 0 Å². The van der Waals surface area contributed by atoms with Crippen LogP contribution >= 0.6 is 0 Å². The summed E-state index contributed by atoms with van der Waals surface area (Å²) < 4.78 is 0. The van der Waals surface area contributed by atoms with Gasteiger partial charge in [0.05, 0.1) is 11.9 Å². The van der Waals surface area contributed by atoms with E-state index in [2.05, 4.69) is 15.1 Å². The Labute approximate surface area is 216 Å². The number of carbonyl (C=O) groups excluding carboxylic acids is 3. The number of rotatable bonds is 5. The number of hydrogen-bond donors (Lipinski definition) is 1. The van der Waals surface area contributed by atoms with Crippen molar-refractivity contribution >= 4 is 34.3 Å². The number of aromatic nitrogens is 1. The maximum Gasteiger partial charge on any atom is 0.302 e. The van der Waals surface area contributed by atoms with Crippen LogP contribution in [-0.2, 0) is 15.0 Å². The number of fused-ring (bicyclic) bond motifs is 3. The zero-order chi connectivity index (χ0) is 26.3. The number of likely N-dealkylation sites (tertiary alicyclic amines) is 1. The molecule has 3 heterocycles. The molecule has 188 valence electrons. The molecule has 5 rings (SSSR count). The largest absolute Gasteiger partial charge is 0.328 e. The Hall–Kier alpha value is -4.25. The third-order valence-corrected chi connectivity index (χ3v) is 7.47. The highest BCUT2D eigenvalue weighted by Gasteiger charge is 2.59. The first-order valence-corrected chi connectivity index (χ1v) is 12.5. The van der Waals surface area contributed by atoms with Crippen LogP contribution in [0.15, 0.2) is 60.7 Å². The second-order valence-corrected chi connectivity index (χ2v) is 10.3. The number of pyridine rings is 1. The molecular formula is C29H29N5O3. The fourth-order valence-corrected chi connectivity index (χ4v) is 5.53. The molecule has 1 N–H and O–H groups in total. The van der Waals surface area contributed by atoms with Gasteiger partial charge in [-0.15, -0.1) is 0 Å². The van der Waals surface area contributed by atoms with E-state index in [4.69, 9.17) is 6.57 Å². The molecule has 0 unspecified atom stereocenters. The van der Waals surface area contributed by atoms with Crippen molar-refractivity contribution in [3.63, 3.8) is 0 Å². The van der Waals surface area contributed by atoms with E-state index in [0.717, 1.165) is 16.6 Å². The van der Waals surface area contributed by atoms with Crippen LogP contribution in [-0.4, -0.2) is 58.3 Å². The quantitative estimate of drug-likeness (QED) is 0.540. The summed E-state index contributed by atoms with van der Waals surface area (Å²) in [7, 11) is 1.61. The molecule has 1 fully saturated rings. The molecule has 8 nitrogen and oxygen atoms in total.